The van der Waals surface area contributed by atoms with E-state index in [2.05, 4.69) is 22.0 Å². The molecular weight excluding hydrogens is 178 g/mol. The number of hydrogen-bond donors (Lipinski definition) is 0. The van der Waals surface area contributed by atoms with Crippen LogP contribution in [0.4, 0.5) is 5.82 Å². The second kappa shape index (κ2) is 3.82. The second-order valence-corrected chi connectivity index (χ2v) is 3.42. The van der Waals surface area contributed by atoms with E-state index in [0.717, 1.165) is 36.8 Å². The molecule has 0 spiro atoms. The monoisotopic (exact) mass is 193 g/mol. The van der Waals surface area contributed by atoms with E-state index in [9.17, 15) is 0 Å². The number of aromatic nitrogens is 2. The van der Waals surface area contributed by atoms with Crippen molar-refractivity contribution in [1.82, 2.24) is 10.2 Å². The molecule has 0 N–H and O–H groups in total. The third-order valence-electron chi connectivity index (χ3n) is 2.53. The van der Waals surface area contributed by atoms with Crippen molar-refractivity contribution in [3.8, 4) is 5.75 Å². The number of hydrogen-bond acceptors (Lipinski definition) is 4. The molecule has 0 aliphatic carbocycles. The van der Waals surface area contributed by atoms with E-state index in [1.54, 1.807) is 7.11 Å². The molecular formula is C10H15N3O. The average molecular weight is 193 g/mol. The Labute approximate surface area is 83.9 Å². The first-order valence-electron chi connectivity index (χ1n) is 5.00. The van der Waals surface area contributed by atoms with Gasteiger partial charge in [0.15, 0.2) is 11.6 Å². The molecule has 14 heavy (non-hydrogen) atoms. The molecule has 1 aromatic rings. The van der Waals surface area contributed by atoms with Crippen LogP contribution in [0.1, 0.15) is 19.0 Å². The minimum atomic E-state index is 0.844. The van der Waals surface area contributed by atoms with Crippen molar-refractivity contribution in [3.63, 3.8) is 0 Å². The van der Waals surface area contributed by atoms with Crippen LogP contribution in [-0.2, 0) is 6.42 Å². The molecule has 0 amide bonds. The predicted molar refractivity (Wildman–Crippen MR) is 54.8 cm³/mol. The topological polar surface area (TPSA) is 38.2 Å². The highest BCUT2D eigenvalue weighted by atomic mass is 16.5. The van der Waals surface area contributed by atoms with Crippen molar-refractivity contribution in [2.75, 3.05) is 25.1 Å². The van der Waals surface area contributed by atoms with Crippen molar-refractivity contribution in [3.05, 3.63) is 11.8 Å². The van der Waals surface area contributed by atoms with Gasteiger partial charge in [0.2, 0.25) is 0 Å². The fraction of sp³-hybridized carbons (Fsp3) is 0.600. The Morgan fingerprint density at radius 3 is 2.71 bits per heavy atom. The number of anilines is 1. The molecule has 1 aromatic heterocycles. The lowest BCUT2D eigenvalue weighted by molar-refractivity contribution is 0.407. The fourth-order valence-corrected chi connectivity index (χ4v) is 1.48. The van der Waals surface area contributed by atoms with E-state index in [1.165, 1.54) is 6.42 Å². The van der Waals surface area contributed by atoms with E-state index in [4.69, 9.17) is 4.74 Å². The molecule has 0 bridgehead atoms. The van der Waals surface area contributed by atoms with Crippen LogP contribution in [0, 0.1) is 0 Å². The first-order valence-corrected chi connectivity index (χ1v) is 5.00. The number of aryl methyl sites for hydroxylation is 1. The molecule has 0 unspecified atom stereocenters. The van der Waals surface area contributed by atoms with Gasteiger partial charge < -0.3 is 9.64 Å². The summed E-state index contributed by atoms with van der Waals surface area (Å²) >= 11 is 0. The van der Waals surface area contributed by atoms with E-state index in [-0.39, 0.29) is 0 Å². The zero-order chi connectivity index (χ0) is 9.97. The molecule has 1 aliphatic rings. The van der Waals surface area contributed by atoms with Gasteiger partial charge in [0, 0.05) is 19.2 Å². The van der Waals surface area contributed by atoms with Crippen LogP contribution in [0.2, 0.25) is 0 Å². The van der Waals surface area contributed by atoms with Gasteiger partial charge in [-0.1, -0.05) is 6.92 Å². The molecule has 2 rings (SSSR count). The molecule has 1 aliphatic heterocycles. The smallest absolute Gasteiger partial charge is 0.193 e. The summed E-state index contributed by atoms with van der Waals surface area (Å²) in [7, 11) is 1.68. The Bertz CT molecular complexity index is 323. The predicted octanol–water partition coefficient (Wildman–Crippen LogP) is 1.26. The van der Waals surface area contributed by atoms with E-state index >= 15 is 0 Å². The number of ether oxygens (including phenoxy) is 1. The first kappa shape index (κ1) is 9.24. The summed E-state index contributed by atoms with van der Waals surface area (Å²) in [4.78, 5) is 2.19. The van der Waals surface area contributed by atoms with E-state index in [1.807, 2.05) is 6.07 Å². The van der Waals surface area contributed by atoms with Crippen molar-refractivity contribution in [1.29, 1.82) is 0 Å². The third kappa shape index (κ3) is 1.52. The summed E-state index contributed by atoms with van der Waals surface area (Å²) in [6.07, 6.45) is 2.13. The van der Waals surface area contributed by atoms with Gasteiger partial charge in [-0.25, -0.2) is 0 Å². The minimum absolute atomic E-state index is 0.844. The Morgan fingerprint density at radius 2 is 2.21 bits per heavy atom. The van der Waals surface area contributed by atoms with E-state index in [0.29, 0.717) is 0 Å². The first-order chi connectivity index (χ1) is 6.85. The van der Waals surface area contributed by atoms with Gasteiger partial charge in [-0.15, -0.1) is 5.10 Å². The fourth-order valence-electron chi connectivity index (χ4n) is 1.48. The average Bonchev–Trinajstić information content (AvgIpc) is 2.16. The van der Waals surface area contributed by atoms with Crippen molar-refractivity contribution < 1.29 is 4.74 Å². The zero-order valence-corrected chi connectivity index (χ0v) is 8.66. The van der Waals surface area contributed by atoms with Crippen LogP contribution >= 0.6 is 0 Å². The van der Waals surface area contributed by atoms with Crippen LogP contribution in [0.5, 0.6) is 5.75 Å². The standard InChI is InChI=1S/C10H15N3O/c1-3-8-7-9(14-2)10(12-11-8)13-5-4-6-13/h7H,3-6H2,1-2H3. The summed E-state index contributed by atoms with van der Waals surface area (Å²) in [5.74, 6) is 1.73. The molecule has 1 saturated heterocycles. The lowest BCUT2D eigenvalue weighted by Crippen LogP contribution is -2.38. The summed E-state index contributed by atoms with van der Waals surface area (Å²) in [6.45, 7) is 4.19. The lowest BCUT2D eigenvalue weighted by Gasteiger charge is -2.32. The third-order valence-corrected chi connectivity index (χ3v) is 2.53. The molecule has 0 saturated carbocycles. The van der Waals surface area contributed by atoms with Gasteiger partial charge in [-0.3, -0.25) is 0 Å². The van der Waals surface area contributed by atoms with Gasteiger partial charge in [-0.05, 0) is 12.8 Å². The molecule has 0 radical (unpaired) electrons. The molecule has 76 valence electrons. The van der Waals surface area contributed by atoms with Crippen LogP contribution in [-0.4, -0.2) is 30.4 Å². The SMILES string of the molecule is CCc1cc(OC)c(N2CCC2)nn1. The number of rotatable bonds is 3. The Morgan fingerprint density at radius 1 is 1.43 bits per heavy atom. The highest BCUT2D eigenvalue weighted by molar-refractivity contribution is 5.53. The maximum Gasteiger partial charge on any atom is 0.193 e. The Balaban J connectivity index is 2.29. The van der Waals surface area contributed by atoms with Crippen LogP contribution in [0.3, 0.4) is 0 Å². The molecule has 2 heterocycles. The van der Waals surface area contributed by atoms with Gasteiger partial charge in [0.25, 0.3) is 0 Å². The van der Waals surface area contributed by atoms with Crippen molar-refractivity contribution in [2.24, 2.45) is 0 Å². The maximum absolute atomic E-state index is 5.30. The Kier molecular flexibility index (Phi) is 2.52. The lowest BCUT2D eigenvalue weighted by atomic mass is 10.2. The largest absolute Gasteiger partial charge is 0.493 e. The molecule has 0 aromatic carbocycles. The molecule has 0 atom stereocenters. The van der Waals surface area contributed by atoms with Crippen molar-refractivity contribution in [2.45, 2.75) is 19.8 Å². The van der Waals surface area contributed by atoms with Gasteiger partial charge >= 0.3 is 0 Å². The maximum atomic E-state index is 5.30. The molecule has 4 heteroatoms. The summed E-state index contributed by atoms with van der Waals surface area (Å²) in [6, 6.07) is 1.97. The molecule has 4 nitrogen and oxygen atoms in total. The van der Waals surface area contributed by atoms with Crippen LogP contribution in [0.15, 0.2) is 6.07 Å². The summed E-state index contributed by atoms with van der Waals surface area (Å²) in [5.41, 5.74) is 0.978. The number of methoxy groups -OCH3 is 1. The van der Waals surface area contributed by atoms with Gasteiger partial charge in [0.05, 0.1) is 12.8 Å². The second-order valence-electron chi connectivity index (χ2n) is 3.42. The van der Waals surface area contributed by atoms with Gasteiger partial charge in [0.1, 0.15) is 0 Å². The highest BCUT2D eigenvalue weighted by Gasteiger charge is 2.20. The normalized spacial score (nSPS) is 15.1. The minimum Gasteiger partial charge on any atom is -0.493 e. The summed E-state index contributed by atoms with van der Waals surface area (Å²) < 4.78 is 5.30. The van der Waals surface area contributed by atoms with Crippen LogP contribution < -0.4 is 9.64 Å². The van der Waals surface area contributed by atoms with Gasteiger partial charge in [-0.2, -0.15) is 5.10 Å². The van der Waals surface area contributed by atoms with Crippen molar-refractivity contribution >= 4 is 5.82 Å². The number of nitrogens with zero attached hydrogens (tertiary/aromatic N) is 3. The van der Waals surface area contributed by atoms with E-state index < -0.39 is 0 Å². The summed E-state index contributed by atoms with van der Waals surface area (Å²) in [5, 5.41) is 8.33. The Hall–Kier alpha value is -1.32. The van der Waals surface area contributed by atoms with Crippen LogP contribution in [0.25, 0.3) is 0 Å². The zero-order valence-electron chi connectivity index (χ0n) is 8.66. The molecule has 1 fully saturated rings. The highest BCUT2D eigenvalue weighted by Crippen LogP contribution is 2.28. The quantitative estimate of drug-likeness (QED) is 0.724.